The van der Waals surface area contributed by atoms with Crippen LogP contribution in [0.3, 0.4) is 0 Å². The largest absolute Gasteiger partial charge is 0.396 e. The minimum Gasteiger partial charge on any atom is -0.396 e. The minimum atomic E-state index is -1.16. The van der Waals surface area contributed by atoms with E-state index in [-0.39, 0.29) is 13.2 Å². The van der Waals surface area contributed by atoms with Crippen molar-refractivity contribution in [3.05, 3.63) is 25.3 Å². The highest BCUT2D eigenvalue weighted by molar-refractivity contribution is 6.45. The molecule has 0 unspecified atom stereocenters. The average Bonchev–Trinajstić information content (AvgIpc) is 2.92. The Morgan fingerprint density at radius 3 is 0.889 bits per heavy atom. The first kappa shape index (κ1) is 39.0. The van der Waals surface area contributed by atoms with Crippen LogP contribution in [0.1, 0.15) is 0 Å². The van der Waals surface area contributed by atoms with Gasteiger partial charge >= 0.3 is 0 Å². The van der Waals surface area contributed by atoms with Crippen LogP contribution in [0.25, 0.3) is 0 Å². The molecule has 14 heteroatoms. The van der Waals surface area contributed by atoms with Crippen molar-refractivity contribution in [1.82, 2.24) is 0 Å². The molecule has 0 aromatic rings. The number of halogens is 6. The van der Waals surface area contributed by atoms with Crippen LogP contribution >= 0.6 is 69.6 Å². The molecular formula is C22H38Cl6O8. The van der Waals surface area contributed by atoms with E-state index in [2.05, 4.69) is 13.2 Å². The quantitative estimate of drug-likeness (QED) is 0.0961. The Morgan fingerprint density at radius 1 is 0.500 bits per heavy atom. The van der Waals surface area contributed by atoms with Crippen molar-refractivity contribution >= 4 is 69.6 Å². The Bertz CT molecular complexity index is 466. The summed E-state index contributed by atoms with van der Waals surface area (Å²) in [6.45, 7) is 5.18. The van der Waals surface area contributed by atoms with E-state index in [1.54, 1.807) is 12.2 Å². The Kier molecular flexibility index (Phi) is 23.5. The van der Waals surface area contributed by atoms with Gasteiger partial charge in [-0.05, 0) is 0 Å². The van der Waals surface area contributed by atoms with Crippen LogP contribution in [0.5, 0.6) is 0 Å². The highest BCUT2D eigenvalue weighted by Gasteiger charge is 2.47. The minimum absolute atomic E-state index is 0.141. The van der Waals surface area contributed by atoms with Gasteiger partial charge < -0.3 is 40.1 Å². The summed E-state index contributed by atoms with van der Waals surface area (Å²) >= 11 is 35.3. The van der Waals surface area contributed by atoms with Gasteiger partial charge in [0.25, 0.3) is 0 Å². The smallest absolute Gasteiger partial charge is 0.0693 e. The van der Waals surface area contributed by atoms with Crippen molar-refractivity contribution in [2.24, 2.45) is 10.8 Å². The molecular weight excluding hydrogens is 605 g/mol. The van der Waals surface area contributed by atoms with Gasteiger partial charge in [-0.1, -0.05) is 12.2 Å². The summed E-state index contributed by atoms with van der Waals surface area (Å²) in [6.07, 6.45) is 3.42. The molecule has 6 N–H and O–H groups in total. The van der Waals surface area contributed by atoms with Crippen LogP contribution in [0.4, 0.5) is 0 Å². The second-order valence-corrected chi connectivity index (χ2v) is 11.2. The molecule has 216 valence electrons. The maximum Gasteiger partial charge on any atom is 0.0693 e. The van der Waals surface area contributed by atoms with Crippen molar-refractivity contribution in [2.75, 3.05) is 66.1 Å². The zero-order valence-electron chi connectivity index (χ0n) is 19.9. The van der Waals surface area contributed by atoms with Crippen molar-refractivity contribution < 1.29 is 40.1 Å². The molecule has 0 aliphatic heterocycles. The van der Waals surface area contributed by atoms with Gasteiger partial charge in [-0.3, -0.25) is 0 Å². The number of hydrogen-bond donors (Lipinski definition) is 6. The van der Waals surface area contributed by atoms with Crippen LogP contribution in [-0.2, 0) is 9.47 Å². The first-order valence-corrected chi connectivity index (χ1v) is 13.4. The lowest BCUT2D eigenvalue weighted by Gasteiger charge is -2.37. The third-order valence-corrected chi connectivity index (χ3v) is 9.16. The number of aliphatic hydroxyl groups is 6. The molecule has 0 amide bonds. The number of hydrogen-bond acceptors (Lipinski definition) is 8. The molecule has 1 rings (SSSR count). The first-order chi connectivity index (χ1) is 16.9. The maximum absolute atomic E-state index is 9.03. The van der Waals surface area contributed by atoms with E-state index in [9.17, 15) is 0 Å². The van der Waals surface area contributed by atoms with E-state index >= 15 is 0 Å². The molecule has 0 spiro atoms. The Hall–Kier alpha value is 0.900. The summed E-state index contributed by atoms with van der Waals surface area (Å²) < 4.78 is 10.0. The number of alkyl halides is 6. The zero-order valence-corrected chi connectivity index (χ0v) is 24.4. The molecule has 8 nitrogen and oxygen atoms in total. The van der Waals surface area contributed by atoms with Crippen LogP contribution in [0.15, 0.2) is 25.3 Å². The molecule has 0 bridgehead atoms. The summed E-state index contributed by atoms with van der Waals surface area (Å²) in [5.41, 5.74) is -2.32. The first-order valence-electron chi connectivity index (χ1n) is 10.8. The van der Waals surface area contributed by atoms with Crippen LogP contribution in [0, 0.1) is 10.8 Å². The summed E-state index contributed by atoms with van der Waals surface area (Å²) in [7, 11) is 0. The van der Waals surface area contributed by atoms with Gasteiger partial charge in [0.15, 0.2) is 0 Å². The third-order valence-electron chi connectivity index (χ3n) is 5.13. The van der Waals surface area contributed by atoms with Crippen molar-refractivity contribution in [3.8, 4) is 0 Å². The van der Waals surface area contributed by atoms with Crippen LogP contribution < -0.4 is 0 Å². The fourth-order valence-electron chi connectivity index (χ4n) is 2.35. The Balaban J connectivity index is 0. The second-order valence-electron chi connectivity index (χ2n) is 8.22. The number of rotatable bonds is 14. The summed E-state index contributed by atoms with van der Waals surface area (Å²) in [4.78, 5) is 0. The predicted molar refractivity (Wildman–Crippen MR) is 147 cm³/mol. The lowest BCUT2D eigenvalue weighted by molar-refractivity contribution is -0.103. The second kappa shape index (κ2) is 21.7. The molecule has 1 aliphatic carbocycles. The lowest BCUT2D eigenvalue weighted by Crippen LogP contribution is -2.52. The topological polar surface area (TPSA) is 140 Å². The van der Waals surface area contributed by atoms with E-state index in [0.717, 1.165) is 0 Å². The molecule has 1 aliphatic rings. The monoisotopic (exact) mass is 640 g/mol. The third kappa shape index (κ3) is 13.3. The van der Waals surface area contributed by atoms with Gasteiger partial charge in [0.05, 0.1) is 109 Å². The number of aliphatic hydroxyl groups excluding tert-OH is 6. The summed E-state index contributed by atoms with van der Waals surface area (Å²) in [5.74, 6) is 0. The van der Waals surface area contributed by atoms with Crippen LogP contribution in [0.2, 0.25) is 0 Å². The molecule has 0 heterocycles. The molecule has 1 saturated carbocycles. The van der Waals surface area contributed by atoms with Gasteiger partial charge in [-0.15, -0.1) is 82.8 Å². The fraction of sp³-hybridized carbons (Fsp3) is 0.818. The summed E-state index contributed by atoms with van der Waals surface area (Å²) in [6, 6.07) is 0. The normalized spacial score (nSPS) is 26.2. The van der Waals surface area contributed by atoms with E-state index in [1.807, 2.05) is 0 Å². The van der Waals surface area contributed by atoms with Gasteiger partial charge in [0.1, 0.15) is 0 Å². The number of ether oxygens (including phenoxy) is 2. The van der Waals surface area contributed by atoms with Crippen molar-refractivity contribution in [2.45, 2.75) is 32.3 Å². The highest BCUT2D eigenvalue weighted by atomic mass is 35.5. The zero-order chi connectivity index (χ0) is 28.4. The maximum atomic E-state index is 9.03. The van der Waals surface area contributed by atoms with Gasteiger partial charge in [0.2, 0.25) is 0 Å². The molecule has 0 radical (unpaired) electrons. The molecule has 0 atom stereocenters. The van der Waals surface area contributed by atoms with Gasteiger partial charge in [-0.2, -0.15) is 0 Å². The Labute approximate surface area is 243 Å². The van der Waals surface area contributed by atoms with E-state index in [1.165, 1.54) is 0 Å². The van der Waals surface area contributed by atoms with Crippen molar-refractivity contribution in [3.63, 3.8) is 0 Å². The average molecular weight is 643 g/mol. The standard InChI is InChI=1S/C10H22O7.C6H6Cl6.C6H10O/c11-1-9(2-12,3-13)7-17-8-10(4-14,5-15)6-16;7-1-2(8)4(10)6(12)5(11)3(1)9;1-3-5-7-6-4-2/h11-16H,1-8H2;1-6H;3-4H,1-2,5-6H2/t;1-,2-,3-,4+,5+,6+;. The van der Waals surface area contributed by atoms with Crippen LogP contribution in [-0.4, -0.2) is 129 Å². The van der Waals surface area contributed by atoms with E-state index < -0.39 is 82.7 Å². The predicted octanol–water partition coefficient (Wildman–Crippen LogP) is 1.95. The highest BCUT2D eigenvalue weighted by Crippen LogP contribution is 2.39. The molecule has 0 aromatic carbocycles. The SMILES string of the molecule is C=CCOCC=C.Cl[C@H]1[C@H](Cl)[C@@H](Cl)[C@@H](Cl)[C@H](Cl)[C@H]1Cl.OCC(CO)(CO)COCC(CO)(CO)CO. The summed E-state index contributed by atoms with van der Waals surface area (Å²) in [5, 5.41) is 51.6. The van der Waals surface area contributed by atoms with Gasteiger partial charge in [-0.25, -0.2) is 0 Å². The Morgan fingerprint density at radius 2 is 0.722 bits per heavy atom. The molecule has 0 saturated heterocycles. The van der Waals surface area contributed by atoms with E-state index in [0.29, 0.717) is 13.2 Å². The van der Waals surface area contributed by atoms with Crippen molar-refractivity contribution in [1.29, 1.82) is 0 Å². The fourth-order valence-corrected chi connectivity index (χ4v) is 4.67. The molecule has 0 aromatic heterocycles. The molecule has 36 heavy (non-hydrogen) atoms. The van der Waals surface area contributed by atoms with E-state index in [4.69, 9.17) is 110 Å². The molecule has 1 fully saturated rings. The van der Waals surface area contributed by atoms with Gasteiger partial charge in [0, 0.05) is 0 Å². The lowest BCUT2D eigenvalue weighted by atomic mass is 9.91.